The molecule has 0 amide bonds. The molecule has 0 bridgehead atoms. The summed E-state index contributed by atoms with van der Waals surface area (Å²) in [7, 11) is 0. The minimum atomic E-state index is 0.239. The van der Waals surface area contributed by atoms with Crippen molar-refractivity contribution in [1.29, 1.82) is 0 Å². The molecule has 0 saturated heterocycles. The first-order chi connectivity index (χ1) is 6.66. The second-order valence-corrected chi connectivity index (χ2v) is 5.19. The van der Waals surface area contributed by atoms with Crippen LogP contribution in [0.15, 0.2) is 16.5 Å². The van der Waals surface area contributed by atoms with Crippen molar-refractivity contribution in [2.24, 2.45) is 5.92 Å². The summed E-state index contributed by atoms with van der Waals surface area (Å²) in [6.45, 7) is 4.29. The molecule has 3 atom stereocenters. The minimum Gasteiger partial charge on any atom is -0.466 e. The number of hydrogen-bond donors (Lipinski definition) is 0. The van der Waals surface area contributed by atoms with Crippen LogP contribution >= 0.6 is 11.6 Å². The number of alkyl halides is 1. The van der Waals surface area contributed by atoms with Crippen LogP contribution in [0.1, 0.15) is 44.1 Å². The highest BCUT2D eigenvalue weighted by Crippen LogP contribution is 2.47. The van der Waals surface area contributed by atoms with Crippen LogP contribution in [0, 0.1) is 5.92 Å². The summed E-state index contributed by atoms with van der Waals surface area (Å²) in [6.07, 6.45) is 3.25. The molecule has 0 aromatic carbocycles. The molecular formula is C12H17ClO. The van der Waals surface area contributed by atoms with E-state index in [0.717, 1.165) is 24.5 Å². The molecule has 1 heterocycles. The maximum atomic E-state index is 5.89. The highest BCUT2D eigenvalue weighted by atomic mass is 35.5. The second kappa shape index (κ2) is 3.98. The molecule has 2 heteroatoms. The van der Waals surface area contributed by atoms with Gasteiger partial charge in [0.05, 0.1) is 0 Å². The lowest BCUT2D eigenvalue weighted by Gasteiger charge is -1.99. The SMILES string of the molecule is CC(Cl)CCc1ccc(C2CC2C)o1. The van der Waals surface area contributed by atoms with Crippen LogP contribution in [0.25, 0.3) is 0 Å². The van der Waals surface area contributed by atoms with Crippen LogP contribution in [-0.2, 0) is 6.42 Å². The Balaban J connectivity index is 1.90. The molecule has 1 aliphatic rings. The molecule has 14 heavy (non-hydrogen) atoms. The Morgan fingerprint density at radius 2 is 2.29 bits per heavy atom. The molecule has 0 N–H and O–H groups in total. The van der Waals surface area contributed by atoms with Crippen molar-refractivity contribution in [1.82, 2.24) is 0 Å². The second-order valence-electron chi connectivity index (χ2n) is 4.44. The minimum absolute atomic E-state index is 0.239. The summed E-state index contributed by atoms with van der Waals surface area (Å²) < 4.78 is 5.77. The fourth-order valence-electron chi connectivity index (χ4n) is 1.79. The number of hydrogen-bond acceptors (Lipinski definition) is 1. The maximum Gasteiger partial charge on any atom is 0.107 e. The van der Waals surface area contributed by atoms with Gasteiger partial charge < -0.3 is 4.42 Å². The summed E-state index contributed by atoms with van der Waals surface area (Å²) in [6, 6.07) is 4.22. The van der Waals surface area contributed by atoms with Crippen LogP contribution in [0.3, 0.4) is 0 Å². The zero-order valence-electron chi connectivity index (χ0n) is 8.79. The molecule has 1 aromatic rings. The first-order valence-corrected chi connectivity index (χ1v) is 5.83. The van der Waals surface area contributed by atoms with Crippen molar-refractivity contribution in [2.75, 3.05) is 0 Å². The molecule has 0 radical (unpaired) electrons. The van der Waals surface area contributed by atoms with E-state index in [9.17, 15) is 0 Å². The van der Waals surface area contributed by atoms with Crippen LogP contribution in [0.2, 0.25) is 0 Å². The van der Waals surface area contributed by atoms with Crippen molar-refractivity contribution >= 4 is 11.6 Å². The lowest BCUT2D eigenvalue weighted by atomic mass is 10.2. The first kappa shape index (κ1) is 10.1. The summed E-state index contributed by atoms with van der Waals surface area (Å²) in [5.41, 5.74) is 0. The molecule has 1 fully saturated rings. The van der Waals surface area contributed by atoms with Gasteiger partial charge in [-0.2, -0.15) is 0 Å². The molecule has 1 nitrogen and oxygen atoms in total. The molecule has 2 rings (SSSR count). The zero-order chi connectivity index (χ0) is 10.1. The van der Waals surface area contributed by atoms with Crippen molar-refractivity contribution in [2.45, 2.75) is 44.4 Å². The number of rotatable bonds is 4. The Kier molecular flexibility index (Phi) is 2.87. The van der Waals surface area contributed by atoms with Gasteiger partial charge in [0.2, 0.25) is 0 Å². The Morgan fingerprint density at radius 3 is 2.86 bits per heavy atom. The van der Waals surface area contributed by atoms with Gasteiger partial charge >= 0.3 is 0 Å². The van der Waals surface area contributed by atoms with Gasteiger partial charge in [-0.25, -0.2) is 0 Å². The highest BCUT2D eigenvalue weighted by Gasteiger charge is 2.36. The van der Waals surface area contributed by atoms with E-state index >= 15 is 0 Å². The van der Waals surface area contributed by atoms with Crippen LogP contribution in [-0.4, -0.2) is 5.38 Å². The molecule has 78 valence electrons. The number of aryl methyl sites for hydroxylation is 1. The van der Waals surface area contributed by atoms with E-state index < -0.39 is 0 Å². The Hall–Kier alpha value is -0.430. The average Bonchev–Trinajstić information content (AvgIpc) is 2.68. The largest absolute Gasteiger partial charge is 0.466 e. The fourth-order valence-corrected chi connectivity index (χ4v) is 1.90. The average molecular weight is 213 g/mol. The van der Waals surface area contributed by atoms with Crippen LogP contribution in [0.5, 0.6) is 0 Å². The van der Waals surface area contributed by atoms with E-state index in [1.165, 1.54) is 12.2 Å². The van der Waals surface area contributed by atoms with Crippen molar-refractivity contribution in [3.63, 3.8) is 0 Å². The lowest BCUT2D eigenvalue weighted by Crippen LogP contribution is -1.92. The van der Waals surface area contributed by atoms with Gasteiger partial charge in [-0.05, 0) is 37.8 Å². The van der Waals surface area contributed by atoms with Gasteiger partial charge in [-0.15, -0.1) is 11.6 Å². The predicted molar refractivity (Wildman–Crippen MR) is 58.9 cm³/mol. The molecule has 1 aliphatic carbocycles. The Morgan fingerprint density at radius 1 is 1.57 bits per heavy atom. The molecule has 1 saturated carbocycles. The molecule has 0 spiro atoms. The van der Waals surface area contributed by atoms with E-state index in [2.05, 4.69) is 19.1 Å². The summed E-state index contributed by atoms with van der Waals surface area (Å²) >= 11 is 5.89. The smallest absolute Gasteiger partial charge is 0.107 e. The van der Waals surface area contributed by atoms with Crippen LogP contribution < -0.4 is 0 Å². The topological polar surface area (TPSA) is 13.1 Å². The Bertz CT molecular complexity index is 303. The predicted octanol–water partition coefficient (Wildman–Crippen LogP) is 3.96. The van der Waals surface area contributed by atoms with Gasteiger partial charge in [-0.1, -0.05) is 6.92 Å². The standard InChI is InChI=1S/C12H17ClO/c1-8-7-11(8)12-6-5-10(14-12)4-3-9(2)13/h5-6,8-9,11H,3-4,7H2,1-2H3. The van der Waals surface area contributed by atoms with E-state index in [4.69, 9.17) is 16.0 Å². The lowest BCUT2D eigenvalue weighted by molar-refractivity contribution is 0.456. The summed E-state index contributed by atoms with van der Waals surface area (Å²) in [5.74, 6) is 3.78. The van der Waals surface area contributed by atoms with Crippen molar-refractivity contribution < 1.29 is 4.42 Å². The maximum absolute atomic E-state index is 5.89. The van der Waals surface area contributed by atoms with E-state index in [1.54, 1.807) is 0 Å². The molecular weight excluding hydrogens is 196 g/mol. The Labute approximate surface area is 90.4 Å². The third-order valence-electron chi connectivity index (χ3n) is 2.95. The normalized spacial score (nSPS) is 27.6. The summed E-state index contributed by atoms with van der Waals surface area (Å²) in [4.78, 5) is 0. The highest BCUT2D eigenvalue weighted by molar-refractivity contribution is 6.20. The third-order valence-corrected chi connectivity index (χ3v) is 3.16. The summed E-state index contributed by atoms with van der Waals surface area (Å²) in [5, 5.41) is 0.239. The van der Waals surface area contributed by atoms with E-state index in [1.807, 2.05) is 6.92 Å². The van der Waals surface area contributed by atoms with Gasteiger partial charge in [0, 0.05) is 17.7 Å². The van der Waals surface area contributed by atoms with E-state index in [0.29, 0.717) is 5.92 Å². The zero-order valence-corrected chi connectivity index (χ0v) is 9.55. The van der Waals surface area contributed by atoms with Gasteiger partial charge in [-0.3, -0.25) is 0 Å². The number of halogens is 1. The van der Waals surface area contributed by atoms with Gasteiger partial charge in [0.1, 0.15) is 11.5 Å². The van der Waals surface area contributed by atoms with E-state index in [-0.39, 0.29) is 5.38 Å². The fraction of sp³-hybridized carbons (Fsp3) is 0.667. The van der Waals surface area contributed by atoms with Crippen LogP contribution in [0.4, 0.5) is 0 Å². The van der Waals surface area contributed by atoms with Gasteiger partial charge in [0.15, 0.2) is 0 Å². The molecule has 0 aliphatic heterocycles. The first-order valence-electron chi connectivity index (χ1n) is 5.39. The number of furan rings is 1. The third kappa shape index (κ3) is 2.33. The van der Waals surface area contributed by atoms with Gasteiger partial charge in [0.25, 0.3) is 0 Å². The monoisotopic (exact) mass is 212 g/mol. The van der Waals surface area contributed by atoms with Crippen molar-refractivity contribution in [3.05, 3.63) is 23.7 Å². The molecule has 1 aromatic heterocycles. The quantitative estimate of drug-likeness (QED) is 0.689. The molecule has 3 unspecified atom stereocenters. The van der Waals surface area contributed by atoms with Crippen molar-refractivity contribution in [3.8, 4) is 0 Å².